The highest BCUT2D eigenvalue weighted by Gasteiger charge is 1.98. The third-order valence-corrected chi connectivity index (χ3v) is 3.16. The summed E-state index contributed by atoms with van der Waals surface area (Å²) < 4.78 is 10.5. The van der Waals surface area contributed by atoms with Crippen molar-refractivity contribution in [2.75, 3.05) is 14.2 Å². The molecule has 0 amide bonds. The zero-order valence-electron chi connectivity index (χ0n) is 12.4. The molecule has 0 saturated carbocycles. The Hall–Kier alpha value is -1.44. The highest BCUT2D eigenvalue weighted by Crippen LogP contribution is 2.23. The fourth-order valence-electron chi connectivity index (χ4n) is 2.01. The second kappa shape index (κ2) is 9.48. The Morgan fingerprint density at radius 1 is 0.895 bits per heavy atom. The Balaban J connectivity index is 2.42. The van der Waals surface area contributed by atoms with E-state index in [1.807, 2.05) is 18.2 Å². The van der Waals surface area contributed by atoms with Crippen LogP contribution < -0.4 is 9.47 Å². The van der Waals surface area contributed by atoms with Crippen LogP contribution in [0, 0.1) is 0 Å². The number of benzene rings is 1. The highest BCUT2D eigenvalue weighted by molar-refractivity contribution is 5.55. The number of unbranched alkanes of at least 4 members (excludes halogenated alkanes) is 5. The average molecular weight is 262 g/mol. The summed E-state index contributed by atoms with van der Waals surface area (Å²) in [5.41, 5.74) is 1.13. The molecule has 0 N–H and O–H groups in total. The van der Waals surface area contributed by atoms with Crippen molar-refractivity contribution in [3.8, 4) is 11.5 Å². The molecule has 0 unspecified atom stereocenters. The Morgan fingerprint density at radius 2 is 1.53 bits per heavy atom. The Morgan fingerprint density at radius 3 is 2.11 bits per heavy atom. The lowest BCUT2D eigenvalue weighted by molar-refractivity contribution is 0.394. The van der Waals surface area contributed by atoms with Gasteiger partial charge in [-0.25, -0.2) is 0 Å². The summed E-state index contributed by atoms with van der Waals surface area (Å²) in [5, 5.41) is 0. The molecule has 0 spiro atoms. The molecule has 0 fully saturated rings. The van der Waals surface area contributed by atoms with Gasteiger partial charge in [-0.2, -0.15) is 0 Å². The van der Waals surface area contributed by atoms with Crippen molar-refractivity contribution in [1.82, 2.24) is 0 Å². The molecule has 0 aliphatic heterocycles. The largest absolute Gasteiger partial charge is 0.497 e. The molecule has 0 atom stereocenters. The van der Waals surface area contributed by atoms with Gasteiger partial charge in [0.05, 0.1) is 14.2 Å². The lowest BCUT2D eigenvalue weighted by Crippen LogP contribution is -1.88. The van der Waals surface area contributed by atoms with Gasteiger partial charge in [-0.15, -0.1) is 0 Å². The fourth-order valence-corrected chi connectivity index (χ4v) is 2.01. The van der Waals surface area contributed by atoms with Crippen LogP contribution in [-0.4, -0.2) is 14.2 Å². The van der Waals surface area contributed by atoms with Gasteiger partial charge in [0, 0.05) is 6.07 Å². The maximum atomic E-state index is 5.26. The first-order chi connectivity index (χ1) is 9.30. The molecule has 0 heterocycles. The van der Waals surface area contributed by atoms with Crippen molar-refractivity contribution in [1.29, 1.82) is 0 Å². The minimum atomic E-state index is 0.835. The normalized spacial score (nSPS) is 10.9. The first kappa shape index (κ1) is 15.6. The van der Waals surface area contributed by atoms with Crippen LogP contribution in [0.15, 0.2) is 24.3 Å². The van der Waals surface area contributed by atoms with Crippen molar-refractivity contribution in [3.05, 3.63) is 29.8 Å². The first-order valence-corrected chi connectivity index (χ1v) is 7.19. The molecule has 0 bridgehead atoms. The number of allylic oxidation sites excluding steroid dienone is 1. The van der Waals surface area contributed by atoms with Gasteiger partial charge in [-0.3, -0.25) is 0 Å². The zero-order valence-corrected chi connectivity index (χ0v) is 12.4. The van der Waals surface area contributed by atoms with Gasteiger partial charge < -0.3 is 9.47 Å². The van der Waals surface area contributed by atoms with E-state index in [0.29, 0.717) is 0 Å². The zero-order chi connectivity index (χ0) is 13.9. The molecule has 1 rings (SSSR count). The van der Waals surface area contributed by atoms with Crippen LogP contribution in [-0.2, 0) is 0 Å². The third-order valence-electron chi connectivity index (χ3n) is 3.16. The smallest absolute Gasteiger partial charge is 0.123 e. The topological polar surface area (TPSA) is 18.5 Å². The van der Waals surface area contributed by atoms with E-state index >= 15 is 0 Å². The van der Waals surface area contributed by atoms with Crippen molar-refractivity contribution in [2.24, 2.45) is 0 Å². The molecule has 0 aromatic heterocycles. The number of hydrogen-bond acceptors (Lipinski definition) is 2. The summed E-state index contributed by atoms with van der Waals surface area (Å²) in [6, 6.07) is 5.94. The molecule has 0 saturated heterocycles. The lowest BCUT2D eigenvalue weighted by Gasteiger charge is -2.05. The minimum Gasteiger partial charge on any atom is -0.497 e. The van der Waals surface area contributed by atoms with Crippen molar-refractivity contribution in [3.63, 3.8) is 0 Å². The van der Waals surface area contributed by atoms with Crippen LogP contribution in [0.5, 0.6) is 11.5 Å². The predicted molar refractivity (Wildman–Crippen MR) is 82.0 cm³/mol. The van der Waals surface area contributed by atoms with Crippen molar-refractivity contribution < 1.29 is 9.47 Å². The second-order valence-corrected chi connectivity index (χ2v) is 4.75. The number of rotatable bonds is 9. The van der Waals surface area contributed by atoms with Crippen LogP contribution in [0.2, 0.25) is 0 Å². The molecule has 1 aromatic carbocycles. The molecule has 0 aliphatic carbocycles. The molecule has 0 radical (unpaired) electrons. The van der Waals surface area contributed by atoms with Gasteiger partial charge in [-0.05, 0) is 30.5 Å². The van der Waals surface area contributed by atoms with E-state index in [0.717, 1.165) is 23.5 Å². The Kier molecular flexibility index (Phi) is 7.80. The molecular formula is C17H26O2. The lowest BCUT2D eigenvalue weighted by atomic mass is 10.1. The average Bonchev–Trinajstić information content (AvgIpc) is 2.45. The monoisotopic (exact) mass is 262 g/mol. The van der Waals surface area contributed by atoms with Gasteiger partial charge in [-0.1, -0.05) is 44.8 Å². The quantitative estimate of drug-likeness (QED) is 0.578. The molecule has 106 valence electrons. The molecule has 0 aliphatic rings. The van der Waals surface area contributed by atoms with Crippen LogP contribution in [0.1, 0.15) is 51.0 Å². The van der Waals surface area contributed by atoms with Gasteiger partial charge in [0.15, 0.2) is 0 Å². The van der Waals surface area contributed by atoms with E-state index in [-0.39, 0.29) is 0 Å². The SMILES string of the molecule is CCCCCCC/C=C/c1cc(OC)cc(OC)c1. The molecule has 19 heavy (non-hydrogen) atoms. The van der Waals surface area contributed by atoms with Crippen LogP contribution in [0.25, 0.3) is 6.08 Å². The predicted octanol–water partition coefficient (Wildman–Crippen LogP) is 5.08. The number of hydrogen-bond donors (Lipinski definition) is 0. The van der Waals surface area contributed by atoms with Gasteiger partial charge >= 0.3 is 0 Å². The number of methoxy groups -OCH3 is 2. The van der Waals surface area contributed by atoms with E-state index in [1.165, 1.54) is 32.1 Å². The molecule has 1 aromatic rings. The van der Waals surface area contributed by atoms with Crippen LogP contribution in [0.4, 0.5) is 0 Å². The Bertz CT molecular complexity index is 361. The Labute approximate surface area is 117 Å². The highest BCUT2D eigenvalue weighted by atomic mass is 16.5. The van der Waals surface area contributed by atoms with E-state index in [1.54, 1.807) is 14.2 Å². The summed E-state index contributed by atoms with van der Waals surface area (Å²) >= 11 is 0. The summed E-state index contributed by atoms with van der Waals surface area (Å²) in [6.45, 7) is 2.25. The summed E-state index contributed by atoms with van der Waals surface area (Å²) in [4.78, 5) is 0. The van der Waals surface area contributed by atoms with Crippen molar-refractivity contribution in [2.45, 2.75) is 45.4 Å². The van der Waals surface area contributed by atoms with Crippen LogP contribution >= 0.6 is 0 Å². The van der Waals surface area contributed by atoms with Gasteiger partial charge in [0.1, 0.15) is 11.5 Å². The fraction of sp³-hybridized carbons (Fsp3) is 0.529. The van der Waals surface area contributed by atoms with Crippen molar-refractivity contribution >= 4 is 6.08 Å². The van der Waals surface area contributed by atoms with Crippen LogP contribution in [0.3, 0.4) is 0 Å². The summed E-state index contributed by atoms with van der Waals surface area (Å²) in [5.74, 6) is 1.67. The number of ether oxygens (including phenoxy) is 2. The maximum Gasteiger partial charge on any atom is 0.123 e. The van der Waals surface area contributed by atoms with E-state index in [2.05, 4.69) is 19.1 Å². The van der Waals surface area contributed by atoms with Gasteiger partial charge in [0.2, 0.25) is 0 Å². The molecular weight excluding hydrogens is 236 g/mol. The second-order valence-electron chi connectivity index (χ2n) is 4.75. The molecule has 2 heteroatoms. The van der Waals surface area contributed by atoms with E-state index in [4.69, 9.17) is 9.47 Å². The summed E-state index contributed by atoms with van der Waals surface area (Å²) in [6.07, 6.45) is 12.2. The van der Waals surface area contributed by atoms with E-state index in [9.17, 15) is 0 Å². The van der Waals surface area contributed by atoms with Gasteiger partial charge in [0.25, 0.3) is 0 Å². The first-order valence-electron chi connectivity index (χ1n) is 7.19. The third kappa shape index (κ3) is 6.32. The minimum absolute atomic E-state index is 0.835. The summed E-state index contributed by atoms with van der Waals surface area (Å²) in [7, 11) is 3.35. The standard InChI is InChI=1S/C17H26O2/c1-4-5-6-7-8-9-10-11-15-12-16(18-2)14-17(13-15)19-3/h10-14H,4-9H2,1-3H3/b11-10+. The maximum absolute atomic E-state index is 5.26. The van der Waals surface area contributed by atoms with E-state index < -0.39 is 0 Å². The molecule has 2 nitrogen and oxygen atoms in total.